The van der Waals surface area contributed by atoms with Crippen LogP contribution in [-0.2, 0) is 19.0 Å². The number of nitrogens with one attached hydrogen (secondary N) is 1. The van der Waals surface area contributed by atoms with Gasteiger partial charge in [-0.25, -0.2) is 0 Å². The Morgan fingerprint density at radius 2 is 1.64 bits per heavy atom. The number of anilines is 1. The minimum absolute atomic E-state index is 0.138. The van der Waals surface area contributed by atoms with Gasteiger partial charge in [-0.3, -0.25) is 10.4 Å². The maximum Gasteiger partial charge on any atom is 0.417 e. The van der Waals surface area contributed by atoms with E-state index in [0.717, 1.165) is 18.2 Å². The molecule has 0 saturated heterocycles. The molecule has 0 radical (unpaired) electrons. The fourth-order valence-corrected chi connectivity index (χ4v) is 2.87. The first-order chi connectivity index (χ1) is 15.4. The van der Waals surface area contributed by atoms with E-state index in [2.05, 4.69) is 15.5 Å². The fourth-order valence-electron chi connectivity index (χ4n) is 2.65. The highest BCUT2D eigenvalue weighted by atomic mass is 35.5. The minimum atomic E-state index is -4.54. The summed E-state index contributed by atoms with van der Waals surface area (Å²) in [4.78, 5) is 3.71. The van der Waals surface area contributed by atoms with Gasteiger partial charge in [0.2, 0.25) is 0 Å². The van der Waals surface area contributed by atoms with E-state index in [1.165, 1.54) is 12.1 Å². The first kappa shape index (κ1) is 24.4. The van der Waals surface area contributed by atoms with Gasteiger partial charge < -0.3 is 4.74 Å². The second kappa shape index (κ2) is 9.70. The normalized spacial score (nSPS) is 12.5. The van der Waals surface area contributed by atoms with Crippen molar-refractivity contribution in [3.63, 3.8) is 0 Å². The molecular formula is C22H16ClF6N3O. The number of halogens is 7. The summed E-state index contributed by atoms with van der Waals surface area (Å²) in [6.07, 6.45) is -8.31. The number of alkyl halides is 6. The van der Waals surface area contributed by atoms with Crippen LogP contribution >= 0.6 is 11.6 Å². The van der Waals surface area contributed by atoms with Gasteiger partial charge >= 0.3 is 12.4 Å². The second-order valence-electron chi connectivity index (χ2n) is 6.85. The number of pyridine rings is 1. The summed E-state index contributed by atoms with van der Waals surface area (Å²) < 4.78 is 81.9. The zero-order valence-corrected chi connectivity index (χ0v) is 17.7. The number of hydrazone groups is 1. The lowest BCUT2D eigenvalue weighted by Gasteiger charge is -2.11. The number of ether oxygens (including phenoxy) is 1. The van der Waals surface area contributed by atoms with Crippen LogP contribution in [0.4, 0.5) is 32.0 Å². The number of hydrogen-bond acceptors (Lipinski definition) is 4. The summed E-state index contributed by atoms with van der Waals surface area (Å²) in [7, 11) is 0. The molecule has 0 aliphatic heterocycles. The van der Waals surface area contributed by atoms with E-state index in [9.17, 15) is 26.3 Å². The van der Waals surface area contributed by atoms with Gasteiger partial charge in [0.05, 0.1) is 33.2 Å². The third-order valence-corrected chi connectivity index (χ3v) is 4.76. The third-order valence-electron chi connectivity index (χ3n) is 4.43. The Balaban J connectivity index is 1.62. The molecule has 0 aliphatic rings. The Morgan fingerprint density at radius 3 is 2.24 bits per heavy atom. The standard InChI is InChI=1S/C22H16ClF6N3O/c1-13(31-32-17-4-2-3-15(9-17)21(24,25)26)14-5-7-18(8-6-14)33-12-20-19(23)10-16(11-30-20)22(27,28)29/h2-11,32H,12H2,1H3/b31-13-. The third kappa shape index (κ3) is 6.61. The van der Waals surface area contributed by atoms with Crippen LogP contribution in [0.5, 0.6) is 5.75 Å². The molecule has 2 aromatic carbocycles. The fraction of sp³-hybridized carbons (Fsp3) is 0.182. The molecule has 0 amide bonds. The van der Waals surface area contributed by atoms with Gasteiger partial charge in [-0.05, 0) is 61.0 Å². The Hall–Kier alpha value is -3.27. The molecule has 1 aromatic heterocycles. The van der Waals surface area contributed by atoms with E-state index in [1.54, 1.807) is 31.2 Å². The second-order valence-corrected chi connectivity index (χ2v) is 7.26. The highest BCUT2D eigenvalue weighted by molar-refractivity contribution is 6.31. The molecule has 174 valence electrons. The zero-order chi connectivity index (χ0) is 24.2. The molecule has 0 spiro atoms. The van der Waals surface area contributed by atoms with Gasteiger partial charge in [-0.15, -0.1) is 0 Å². The molecular weight excluding hydrogens is 472 g/mol. The highest BCUT2D eigenvalue weighted by Crippen LogP contribution is 2.32. The molecule has 0 bridgehead atoms. The van der Waals surface area contributed by atoms with Crippen LogP contribution < -0.4 is 10.2 Å². The van der Waals surface area contributed by atoms with E-state index in [4.69, 9.17) is 16.3 Å². The smallest absolute Gasteiger partial charge is 0.417 e. The molecule has 0 atom stereocenters. The minimum Gasteiger partial charge on any atom is -0.487 e. The van der Waals surface area contributed by atoms with E-state index >= 15 is 0 Å². The maximum atomic E-state index is 12.8. The predicted molar refractivity (Wildman–Crippen MR) is 112 cm³/mol. The summed E-state index contributed by atoms with van der Waals surface area (Å²) >= 11 is 5.86. The summed E-state index contributed by atoms with van der Waals surface area (Å²) in [5.74, 6) is 0.412. The quantitative estimate of drug-likeness (QED) is 0.227. The molecule has 33 heavy (non-hydrogen) atoms. The summed E-state index contributed by atoms with van der Waals surface area (Å²) in [6.45, 7) is 1.53. The Labute approximate surface area is 189 Å². The van der Waals surface area contributed by atoms with Crippen LogP contribution in [0.2, 0.25) is 5.02 Å². The summed E-state index contributed by atoms with van der Waals surface area (Å²) in [5, 5.41) is 3.93. The molecule has 0 saturated carbocycles. The molecule has 0 unspecified atom stereocenters. The molecule has 3 rings (SSSR count). The Bertz CT molecular complexity index is 1140. The van der Waals surface area contributed by atoms with Crippen molar-refractivity contribution >= 4 is 23.0 Å². The van der Waals surface area contributed by atoms with Crippen molar-refractivity contribution in [3.8, 4) is 5.75 Å². The van der Waals surface area contributed by atoms with Crippen molar-refractivity contribution in [1.82, 2.24) is 4.98 Å². The summed E-state index contributed by atoms with van der Waals surface area (Å²) in [6, 6.07) is 12.0. The van der Waals surface area contributed by atoms with E-state index in [1.807, 2.05) is 0 Å². The summed E-state index contributed by atoms with van der Waals surface area (Å²) in [5.41, 5.74) is 2.37. The maximum absolute atomic E-state index is 12.8. The lowest BCUT2D eigenvalue weighted by atomic mass is 10.1. The van der Waals surface area contributed by atoms with E-state index in [0.29, 0.717) is 23.2 Å². The topological polar surface area (TPSA) is 46.5 Å². The van der Waals surface area contributed by atoms with Crippen LogP contribution in [0, 0.1) is 0 Å². The predicted octanol–water partition coefficient (Wildman–Crippen LogP) is 7.19. The van der Waals surface area contributed by atoms with Crippen molar-refractivity contribution in [1.29, 1.82) is 0 Å². The van der Waals surface area contributed by atoms with Crippen LogP contribution in [0.25, 0.3) is 0 Å². The van der Waals surface area contributed by atoms with Crippen LogP contribution in [0.3, 0.4) is 0 Å². The van der Waals surface area contributed by atoms with Gasteiger partial charge in [-0.1, -0.05) is 17.7 Å². The SMILES string of the molecule is C/C(=N/Nc1cccc(C(F)(F)F)c1)c1ccc(OCc2ncc(C(F)(F)F)cc2Cl)cc1. The number of benzene rings is 2. The molecule has 0 fully saturated rings. The van der Waals surface area contributed by atoms with Gasteiger partial charge in [0, 0.05) is 6.20 Å². The molecule has 0 aliphatic carbocycles. The monoisotopic (exact) mass is 487 g/mol. The number of rotatable bonds is 6. The van der Waals surface area contributed by atoms with Gasteiger partial charge in [0.15, 0.2) is 0 Å². The van der Waals surface area contributed by atoms with Gasteiger partial charge in [-0.2, -0.15) is 31.4 Å². The molecule has 4 nitrogen and oxygen atoms in total. The Kier molecular flexibility index (Phi) is 7.16. The highest BCUT2D eigenvalue weighted by Gasteiger charge is 2.32. The van der Waals surface area contributed by atoms with E-state index < -0.39 is 23.5 Å². The largest absolute Gasteiger partial charge is 0.487 e. The molecule has 1 N–H and O–H groups in total. The molecule has 1 heterocycles. The zero-order valence-electron chi connectivity index (χ0n) is 16.9. The van der Waals surface area contributed by atoms with Gasteiger partial charge in [0.25, 0.3) is 0 Å². The van der Waals surface area contributed by atoms with Crippen LogP contribution in [0.15, 0.2) is 65.9 Å². The average molecular weight is 488 g/mol. The first-order valence-electron chi connectivity index (χ1n) is 9.36. The van der Waals surface area contributed by atoms with Crippen molar-refractivity contribution in [2.24, 2.45) is 5.10 Å². The van der Waals surface area contributed by atoms with Crippen molar-refractivity contribution in [3.05, 3.63) is 88.2 Å². The lowest BCUT2D eigenvalue weighted by molar-refractivity contribution is -0.138. The number of nitrogens with zero attached hydrogens (tertiary/aromatic N) is 2. The van der Waals surface area contributed by atoms with Gasteiger partial charge in [0.1, 0.15) is 12.4 Å². The average Bonchev–Trinajstić information content (AvgIpc) is 2.76. The molecule has 11 heteroatoms. The lowest BCUT2D eigenvalue weighted by Crippen LogP contribution is -2.08. The van der Waals surface area contributed by atoms with E-state index in [-0.39, 0.29) is 23.0 Å². The van der Waals surface area contributed by atoms with Crippen LogP contribution in [-0.4, -0.2) is 10.7 Å². The first-order valence-corrected chi connectivity index (χ1v) is 9.73. The number of hydrogen-bond donors (Lipinski definition) is 1. The number of aromatic nitrogens is 1. The van der Waals surface area contributed by atoms with Crippen LogP contribution in [0.1, 0.15) is 29.3 Å². The molecule has 3 aromatic rings. The van der Waals surface area contributed by atoms with Crippen molar-refractivity contribution in [2.75, 3.05) is 5.43 Å². The van der Waals surface area contributed by atoms with Crippen molar-refractivity contribution in [2.45, 2.75) is 25.9 Å². The van der Waals surface area contributed by atoms with Crippen molar-refractivity contribution < 1.29 is 31.1 Å². The Morgan fingerprint density at radius 1 is 0.970 bits per heavy atom.